The second-order valence-corrected chi connectivity index (χ2v) is 8.49. The summed E-state index contributed by atoms with van der Waals surface area (Å²) in [5, 5.41) is 12.6. The van der Waals surface area contributed by atoms with Crippen LogP contribution in [0, 0.1) is 6.92 Å². The number of phenolic OH excluding ortho intramolecular Hbond substituents is 1. The third-order valence-corrected chi connectivity index (χ3v) is 5.08. The number of aromatic hydroxyl groups is 1. The van der Waals surface area contributed by atoms with E-state index in [0.29, 0.717) is 11.3 Å². The van der Waals surface area contributed by atoms with Crippen LogP contribution in [0.5, 0.6) is 5.75 Å². The molecule has 3 N–H and O–H groups in total. The summed E-state index contributed by atoms with van der Waals surface area (Å²) < 4.78 is 27.3. The van der Waals surface area contributed by atoms with Crippen molar-refractivity contribution in [1.82, 2.24) is 4.72 Å². The zero-order chi connectivity index (χ0) is 18.8. The standard InChI is InChI=1S/C18H22N2O4S/c1-12-7-5-10-15(16(12)21)17(22)19-13-8-6-9-14(11-13)25(23,24)20-18(2,3)4/h5-11,20-21H,1-4H3,(H,19,22). The van der Waals surface area contributed by atoms with Crippen LogP contribution in [0.4, 0.5) is 5.69 Å². The van der Waals surface area contributed by atoms with E-state index in [4.69, 9.17) is 0 Å². The van der Waals surface area contributed by atoms with Crippen molar-refractivity contribution in [2.75, 3.05) is 5.32 Å². The Balaban J connectivity index is 2.28. The van der Waals surface area contributed by atoms with Crippen molar-refractivity contribution in [2.24, 2.45) is 0 Å². The summed E-state index contributed by atoms with van der Waals surface area (Å²) >= 11 is 0. The number of amides is 1. The highest BCUT2D eigenvalue weighted by Crippen LogP contribution is 2.23. The summed E-state index contributed by atoms with van der Waals surface area (Å²) in [6.07, 6.45) is 0. The molecule has 2 rings (SSSR count). The molecular formula is C18H22N2O4S. The smallest absolute Gasteiger partial charge is 0.259 e. The minimum Gasteiger partial charge on any atom is -0.507 e. The number of sulfonamides is 1. The first-order valence-electron chi connectivity index (χ1n) is 7.73. The Kier molecular flexibility index (Phi) is 5.20. The van der Waals surface area contributed by atoms with Crippen molar-refractivity contribution < 1.29 is 18.3 Å². The molecule has 0 unspecified atom stereocenters. The van der Waals surface area contributed by atoms with Gasteiger partial charge in [-0.3, -0.25) is 4.79 Å². The lowest BCUT2D eigenvalue weighted by Gasteiger charge is -2.20. The minimum absolute atomic E-state index is 0.0497. The second kappa shape index (κ2) is 6.85. The molecule has 0 spiro atoms. The molecule has 0 radical (unpaired) electrons. The van der Waals surface area contributed by atoms with Crippen LogP contribution in [0.15, 0.2) is 47.4 Å². The van der Waals surface area contributed by atoms with Crippen LogP contribution in [-0.4, -0.2) is 25.0 Å². The van der Waals surface area contributed by atoms with Gasteiger partial charge < -0.3 is 10.4 Å². The summed E-state index contributed by atoms with van der Waals surface area (Å²) in [4.78, 5) is 12.4. The van der Waals surface area contributed by atoms with Crippen LogP contribution in [-0.2, 0) is 10.0 Å². The molecule has 134 valence electrons. The second-order valence-electron chi connectivity index (χ2n) is 6.81. The molecule has 2 aromatic rings. The summed E-state index contributed by atoms with van der Waals surface area (Å²) in [6, 6.07) is 10.8. The van der Waals surface area contributed by atoms with Crippen LogP contribution in [0.25, 0.3) is 0 Å². The van der Waals surface area contributed by atoms with E-state index in [1.54, 1.807) is 52.0 Å². The van der Waals surface area contributed by atoms with Crippen molar-refractivity contribution in [3.8, 4) is 5.75 Å². The molecule has 0 saturated carbocycles. The number of rotatable bonds is 4. The van der Waals surface area contributed by atoms with Gasteiger partial charge in [0.2, 0.25) is 10.0 Å². The van der Waals surface area contributed by atoms with Gasteiger partial charge in [-0.05, 0) is 57.5 Å². The largest absolute Gasteiger partial charge is 0.507 e. The number of phenols is 1. The monoisotopic (exact) mass is 362 g/mol. The summed E-state index contributed by atoms with van der Waals surface area (Å²) in [7, 11) is -3.71. The maximum atomic E-state index is 12.4. The third kappa shape index (κ3) is 4.80. The Morgan fingerprint density at radius 1 is 1.08 bits per heavy atom. The molecule has 0 aliphatic carbocycles. The van der Waals surface area contributed by atoms with Crippen LogP contribution in [0.1, 0.15) is 36.7 Å². The van der Waals surface area contributed by atoms with Gasteiger partial charge in [0.25, 0.3) is 5.91 Å². The maximum absolute atomic E-state index is 12.4. The van der Waals surface area contributed by atoms with E-state index in [-0.39, 0.29) is 16.2 Å². The Morgan fingerprint density at radius 3 is 2.36 bits per heavy atom. The van der Waals surface area contributed by atoms with Crippen LogP contribution >= 0.6 is 0 Å². The van der Waals surface area contributed by atoms with Crippen LogP contribution in [0.2, 0.25) is 0 Å². The number of nitrogens with one attached hydrogen (secondary N) is 2. The first-order valence-corrected chi connectivity index (χ1v) is 9.22. The van der Waals surface area contributed by atoms with Crippen molar-refractivity contribution in [3.63, 3.8) is 0 Å². The van der Waals surface area contributed by atoms with Gasteiger partial charge in [-0.1, -0.05) is 18.2 Å². The number of carbonyl (C=O) groups is 1. The SMILES string of the molecule is Cc1cccc(C(=O)Nc2cccc(S(=O)(=O)NC(C)(C)C)c2)c1O. The van der Waals surface area contributed by atoms with E-state index in [0.717, 1.165) is 0 Å². The number of anilines is 1. The molecule has 2 aromatic carbocycles. The number of hydrogen-bond acceptors (Lipinski definition) is 4. The fraction of sp³-hybridized carbons (Fsp3) is 0.278. The fourth-order valence-corrected chi connectivity index (χ4v) is 3.71. The van der Waals surface area contributed by atoms with Crippen molar-refractivity contribution >= 4 is 21.6 Å². The van der Waals surface area contributed by atoms with Crippen LogP contribution in [0.3, 0.4) is 0 Å². The molecule has 1 amide bonds. The average molecular weight is 362 g/mol. The Bertz CT molecular complexity index is 900. The fourth-order valence-electron chi connectivity index (χ4n) is 2.24. The van der Waals surface area contributed by atoms with E-state index in [2.05, 4.69) is 10.0 Å². The minimum atomic E-state index is -3.71. The van der Waals surface area contributed by atoms with Gasteiger partial charge in [0.05, 0.1) is 10.5 Å². The molecule has 0 aliphatic heterocycles. The van der Waals surface area contributed by atoms with Crippen molar-refractivity contribution in [1.29, 1.82) is 0 Å². The lowest BCUT2D eigenvalue weighted by molar-refractivity contribution is 0.102. The van der Waals surface area contributed by atoms with E-state index in [1.165, 1.54) is 18.2 Å². The van der Waals surface area contributed by atoms with Gasteiger partial charge in [-0.25, -0.2) is 13.1 Å². The Labute approximate surface area is 147 Å². The molecule has 0 fully saturated rings. The predicted molar refractivity (Wildman–Crippen MR) is 97.3 cm³/mol. The number of carbonyl (C=O) groups excluding carboxylic acids is 1. The quantitative estimate of drug-likeness (QED) is 0.779. The van der Waals surface area contributed by atoms with E-state index >= 15 is 0 Å². The zero-order valence-corrected chi connectivity index (χ0v) is 15.4. The lowest BCUT2D eigenvalue weighted by Crippen LogP contribution is -2.40. The predicted octanol–water partition coefficient (Wildman–Crippen LogP) is 3.03. The molecule has 0 saturated heterocycles. The molecule has 0 bridgehead atoms. The highest BCUT2D eigenvalue weighted by atomic mass is 32.2. The number of benzene rings is 2. The van der Waals surface area contributed by atoms with Crippen molar-refractivity contribution in [2.45, 2.75) is 38.1 Å². The van der Waals surface area contributed by atoms with Gasteiger partial charge in [-0.15, -0.1) is 0 Å². The van der Waals surface area contributed by atoms with E-state index < -0.39 is 21.5 Å². The molecule has 25 heavy (non-hydrogen) atoms. The molecule has 6 nitrogen and oxygen atoms in total. The van der Waals surface area contributed by atoms with Gasteiger partial charge in [0, 0.05) is 11.2 Å². The molecule has 0 aromatic heterocycles. The number of hydrogen-bond donors (Lipinski definition) is 3. The number of para-hydroxylation sites is 1. The molecule has 0 aliphatic rings. The van der Waals surface area contributed by atoms with Crippen LogP contribution < -0.4 is 10.0 Å². The molecule has 7 heteroatoms. The third-order valence-electron chi connectivity index (χ3n) is 3.33. The summed E-state index contributed by atoms with van der Waals surface area (Å²) in [5.41, 5.74) is 0.410. The lowest BCUT2D eigenvalue weighted by atomic mass is 10.1. The number of aryl methyl sites for hydroxylation is 1. The highest BCUT2D eigenvalue weighted by molar-refractivity contribution is 7.89. The molecule has 0 atom stereocenters. The van der Waals surface area contributed by atoms with Gasteiger partial charge >= 0.3 is 0 Å². The maximum Gasteiger partial charge on any atom is 0.259 e. The van der Waals surface area contributed by atoms with E-state index in [1.807, 2.05) is 0 Å². The Morgan fingerprint density at radius 2 is 1.72 bits per heavy atom. The zero-order valence-electron chi connectivity index (χ0n) is 14.6. The van der Waals surface area contributed by atoms with Gasteiger partial charge in [0.1, 0.15) is 5.75 Å². The first-order chi connectivity index (χ1) is 11.5. The average Bonchev–Trinajstić information content (AvgIpc) is 2.48. The normalized spacial score (nSPS) is 12.0. The first kappa shape index (κ1) is 19.0. The topological polar surface area (TPSA) is 95.5 Å². The van der Waals surface area contributed by atoms with Crippen molar-refractivity contribution in [3.05, 3.63) is 53.6 Å². The summed E-state index contributed by atoms with van der Waals surface area (Å²) in [5.74, 6) is -0.613. The van der Waals surface area contributed by atoms with E-state index in [9.17, 15) is 18.3 Å². The highest BCUT2D eigenvalue weighted by Gasteiger charge is 2.22. The Hall–Kier alpha value is -2.38. The van der Waals surface area contributed by atoms with Gasteiger partial charge in [0.15, 0.2) is 0 Å². The summed E-state index contributed by atoms with van der Waals surface area (Å²) in [6.45, 7) is 6.93. The molecular weight excluding hydrogens is 340 g/mol. The molecule has 0 heterocycles. The van der Waals surface area contributed by atoms with Gasteiger partial charge in [-0.2, -0.15) is 0 Å².